The second-order valence-electron chi connectivity index (χ2n) is 9.48. The number of aliphatic hydroxyl groups excluding tert-OH is 1. The van der Waals surface area contributed by atoms with Crippen molar-refractivity contribution in [3.63, 3.8) is 0 Å². The fourth-order valence-corrected chi connectivity index (χ4v) is 5.47. The monoisotopic (exact) mass is 474 g/mol. The van der Waals surface area contributed by atoms with E-state index in [1.807, 2.05) is 50.2 Å². The van der Waals surface area contributed by atoms with Crippen molar-refractivity contribution in [2.75, 3.05) is 19.0 Å². The number of benzene rings is 2. The zero-order chi connectivity index (χ0) is 24.7. The van der Waals surface area contributed by atoms with Gasteiger partial charge < -0.3 is 25.0 Å². The molecule has 0 saturated heterocycles. The highest BCUT2D eigenvalue weighted by atomic mass is 16.5. The summed E-state index contributed by atoms with van der Waals surface area (Å²) in [6.07, 6.45) is 0.860. The Hall–Kier alpha value is -3.58. The number of nitrogens with zero attached hydrogens (tertiary/aromatic N) is 1. The number of hydrogen-bond donors (Lipinski definition) is 3. The number of methoxy groups -OCH3 is 1. The van der Waals surface area contributed by atoms with Gasteiger partial charge in [-0.15, -0.1) is 0 Å². The predicted octanol–water partition coefficient (Wildman–Crippen LogP) is 4.32. The molecule has 1 aliphatic heterocycles. The number of ether oxygens (including phenoxy) is 2. The first-order valence-electron chi connectivity index (χ1n) is 11.9. The highest BCUT2D eigenvalue weighted by Crippen LogP contribution is 2.53. The Kier molecular flexibility index (Phi) is 6.11. The number of rotatable bonds is 7. The van der Waals surface area contributed by atoms with Crippen LogP contribution >= 0.6 is 0 Å². The van der Waals surface area contributed by atoms with Crippen LogP contribution < -0.4 is 14.8 Å². The molecule has 182 valence electrons. The topological polar surface area (TPSA) is 101 Å². The van der Waals surface area contributed by atoms with Gasteiger partial charge in [0, 0.05) is 24.3 Å². The molecule has 0 spiro atoms. The molecule has 1 unspecified atom stereocenters. The van der Waals surface area contributed by atoms with Gasteiger partial charge in [0.25, 0.3) is 0 Å². The summed E-state index contributed by atoms with van der Waals surface area (Å²) >= 11 is 0. The van der Waals surface area contributed by atoms with E-state index in [1.165, 1.54) is 0 Å². The van der Waals surface area contributed by atoms with Crippen molar-refractivity contribution < 1.29 is 24.5 Å². The Balaban J connectivity index is 1.71. The molecule has 35 heavy (non-hydrogen) atoms. The van der Waals surface area contributed by atoms with E-state index in [0.29, 0.717) is 29.4 Å². The molecule has 0 bridgehead atoms. The Labute approximate surface area is 204 Å². The third kappa shape index (κ3) is 4.10. The summed E-state index contributed by atoms with van der Waals surface area (Å²) < 4.78 is 11.1. The van der Waals surface area contributed by atoms with E-state index in [9.17, 15) is 15.0 Å². The number of aliphatic hydroxyl groups is 1. The Morgan fingerprint density at radius 3 is 2.66 bits per heavy atom. The van der Waals surface area contributed by atoms with Crippen molar-refractivity contribution in [3.8, 4) is 11.5 Å². The average Bonchev–Trinajstić information content (AvgIpc) is 3.44. The number of hydrogen-bond acceptors (Lipinski definition) is 6. The van der Waals surface area contributed by atoms with Crippen LogP contribution in [0.25, 0.3) is 0 Å². The third-order valence-electron chi connectivity index (χ3n) is 6.96. The standard InChI is InChI=1S/C28H30N2O5/c1-15(2)29-23-9-8-21-24(17-5-4-16-10-11-35-22(16)13-17)26(28(32)33)25(27(21)30-23)20-7-6-19(34-3)12-18(20)14-31/h4-9,12-13,15,24-26,31H,10-11,14H2,1-3H3,(H,29,30)(H,32,33)/t24?,25-,26+/m0/s1. The van der Waals surface area contributed by atoms with Gasteiger partial charge in [0.15, 0.2) is 0 Å². The quantitative estimate of drug-likeness (QED) is 0.469. The molecule has 0 amide bonds. The molecule has 3 N–H and O–H groups in total. The van der Waals surface area contributed by atoms with Gasteiger partial charge in [0.1, 0.15) is 17.3 Å². The van der Waals surface area contributed by atoms with Crippen molar-refractivity contribution >= 4 is 11.8 Å². The van der Waals surface area contributed by atoms with E-state index >= 15 is 0 Å². The van der Waals surface area contributed by atoms with Crippen LogP contribution in [0.2, 0.25) is 0 Å². The largest absolute Gasteiger partial charge is 0.497 e. The summed E-state index contributed by atoms with van der Waals surface area (Å²) in [6, 6.07) is 15.5. The Bertz CT molecular complexity index is 1270. The maximum Gasteiger partial charge on any atom is 0.308 e. The average molecular weight is 475 g/mol. The van der Waals surface area contributed by atoms with E-state index < -0.39 is 23.7 Å². The summed E-state index contributed by atoms with van der Waals surface area (Å²) in [6.45, 7) is 4.48. The van der Waals surface area contributed by atoms with E-state index in [0.717, 1.165) is 34.4 Å². The van der Waals surface area contributed by atoms with Gasteiger partial charge in [-0.2, -0.15) is 0 Å². The molecule has 1 aromatic heterocycles. The predicted molar refractivity (Wildman–Crippen MR) is 132 cm³/mol. The molecule has 0 fully saturated rings. The SMILES string of the molecule is COc1ccc([C@@H]2c3nc(NC(C)C)ccc3C(c3ccc4c(c3)OCC4)[C@H]2C(=O)O)c(CO)c1. The van der Waals surface area contributed by atoms with Crippen molar-refractivity contribution in [1.82, 2.24) is 4.98 Å². The molecule has 5 rings (SSSR count). The van der Waals surface area contributed by atoms with Crippen LogP contribution in [-0.2, 0) is 17.8 Å². The third-order valence-corrected chi connectivity index (χ3v) is 6.96. The zero-order valence-electron chi connectivity index (χ0n) is 20.1. The van der Waals surface area contributed by atoms with Crippen LogP contribution in [0.4, 0.5) is 5.82 Å². The molecule has 0 saturated carbocycles. The Morgan fingerprint density at radius 1 is 1.14 bits per heavy atom. The van der Waals surface area contributed by atoms with Gasteiger partial charge in [-0.05, 0) is 65.9 Å². The summed E-state index contributed by atoms with van der Waals surface area (Å²) in [5.41, 5.74) is 5.02. The number of carboxylic acids is 1. The van der Waals surface area contributed by atoms with Gasteiger partial charge in [0.05, 0.1) is 31.9 Å². The first-order chi connectivity index (χ1) is 16.9. The maximum atomic E-state index is 12.9. The number of anilines is 1. The van der Waals surface area contributed by atoms with Gasteiger partial charge >= 0.3 is 5.97 Å². The Morgan fingerprint density at radius 2 is 1.94 bits per heavy atom. The van der Waals surface area contributed by atoms with Gasteiger partial charge in [-0.3, -0.25) is 4.79 Å². The highest BCUT2D eigenvalue weighted by molar-refractivity contribution is 5.78. The molecule has 0 radical (unpaired) electrons. The van der Waals surface area contributed by atoms with Crippen LogP contribution in [0.5, 0.6) is 11.5 Å². The summed E-state index contributed by atoms with van der Waals surface area (Å²) in [7, 11) is 1.57. The summed E-state index contributed by atoms with van der Waals surface area (Å²) in [4.78, 5) is 17.8. The second kappa shape index (κ2) is 9.23. The van der Waals surface area contributed by atoms with Crippen molar-refractivity contribution in [3.05, 3.63) is 82.0 Å². The van der Waals surface area contributed by atoms with Crippen molar-refractivity contribution in [2.45, 2.75) is 44.8 Å². The van der Waals surface area contributed by atoms with Crippen LogP contribution in [0.15, 0.2) is 48.5 Å². The number of pyridine rings is 1. The highest BCUT2D eigenvalue weighted by Gasteiger charge is 2.48. The van der Waals surface area contributed by atoms with E-state index in [1.54, 1.807) is 19.2 Å². The lowest BCUT2D eigenvalue weighted by atomic mass is 9.78. The van der Waals surface area contributed by atoms with Crippen molar-refractivity contribution in [1.29, 1.82) is 0 Å². The lowest BCUT2D eigenvalue weighted by Crippen LogP contribution is -2.25. The molecular formula is C28H30N2O5. The zero-order valence-corrected chi connectivity index (χ0v) is 20.1. The van der Waals surface area contributed by atoms with Crippen LogP contribution in [0.3, 0.4) is 0 Å². The number of carboxylic acid groups (broad SMARTS) is 1. The number of aromatic nitrogens is 1. The molecule has 1 aliphatic carbocycles. The van der Waals surface area contributed by atoms with Gasteiger partial charge in [-0.1, -0.05) is 24.3 Å². The number of aliphatic carboxylic acids is 1. The van der Waals surface area contributed by atoms with Crippen LogP contribution in [0, 0.1) is 5.92 Å². The van der Waals surface area contributed by atoms with E-state index in [-0.39, 0.29) is 12.6 Å². The van der Waals surface area contributed by atoms with Crippen LogP contribution in [0.1, 0.15) is 59.2 Å². The molecule has 2 heterocycles. The van der Waals surface area contributed by atoms with Gasteiger partial charge in [0.2, 0.25) is 0 Å². The minimum absolute atomic E-state index is 0.175. The molecule has 2 aromatic carbocycles. The van der Waals surface area contributed by atoms with Crippen molar-refractivity contribution in [2.24, 2.45) is 5.92 Å². The molecule has 3 aromatic rings. The summed E-state index contributed by atoms with van der Waals surface area (Å²) in [5, 5.41) is 24.1. The minimum Gasteiger partial charge on any atom is -0.497 e. The van der Waals surface area contributed by atoms with Gasteiger partial charge in [-0.25, -0.2) is 4.98 Å². The molecule has 2 aliphatic rings. The normalized spacial score (nSPS) is 20.3. The summed E-state index contributed by atoms with van der Waals surface area (Å²) in [5.74, 6) is -0.520. The molecule has 3 atom stereocenters. The number of carbonyl (C=O) groups is 1. The van der Waals surface area contributed by atoms with E-state index in [4.69, 9.17) is 14.5 Å². The van der Waals surface area contributed by atoms with E-state index in [2.05, 4.69) is 5.32 Å². The smallest absolute Gasteiger partial charge is 0.308 e. The fourth-order valence-electron chi connectivity index (χ4n) is 5.47. The lowest BCUT2D eigenvalue weighted by molar-refractivity contribution is -0.142. The fraction of sp³-hybridized carbons (Fsp3) is 0.357. The minimum atomic E-state index is -0.905. The second-order valence-corrected chi connectivity index (χ2v) is 9.48. The van der Waals surface area contributed by atoms with Crippen LogP contribution in [-0.4, -0.2) is 40.9 Å². The maximum absolute atomic E-state index is 12.9. The number of nitrogens with one attached hydrogen (secondary N) is 1. The molecule has 7 nitrogen and oxygen atoms in total. The number of fused-ring (bicyclic) bond motifs is 2. The molecule has 7 heteroatoms. The molecular weight excluding hydrogens is 444 g/mol. The first-order valence-corrected chi connectivity index (χ1v) is 11.9. The lowest BCUT2D eigenvalue weighted by Gasteiger charge is -2.24. The first kappa shape index (κ1) is 23.2.